The minimum atomic E-state index is -0.275. The SMILES string of the molecule is C=CCNC(=O)C1(CN)CCCC1. The van der Waals surface area contributed by atoms with Gasteiger partial charge in [0.25, 0.3) is 0 Å². The van der Waals surface area contributed by atoms with E-state index in [2.05, 4.69) is 11.9 Å². The smallest absolute Gasteiger partial charge is 0.227 e. The quantitative estimate of drug-likeness (QED) is 0.632. The fourth-order valence-corrected chi connectivity index (χ4v) is 1.93. The molecule has 1 amide bonds. The normalized spacial score (nSPS) is 19.8. The van der Waals surface area contributed by atoms with Crippen LogP contribution in [0.2, 0.25) is 0 Å². The fraction of sp³-hybridized carbons (Fsp3) is 0.700. The Kier molecular flexibility index (Phi) is 3.48. The molecule has 0 spiro atoms. The zero-order valence-electron chi connectivity index (χ0n) is 8.01. The van der Waals surface area contributed by atoms with Gasteiger partial charge < -0.3 is 11.1 Å². The fourth-order valence-electron chi connectivity index (χ4n) is 1.93. The maximum atomic E-state index is 11.7. The van der Waals surface area contributed by atoms with Crippen molar-refractivity contribution >= 4 is 5.91 Å². The molecular formula is C10H18N2O. The number of carbonyl (C=O) groups excluding carboxylic acids is 1. The van der Waals surface area contributed by atoms with Crippen LogP contribution in [0, 0.1) is 5.41 Å². The van der Waals surface area contributed by atoms with E-state index < -0.39 is 0 Å². The Balaban J connectivity index is 2.54. The molecule has 0 atom stereocenters. The summed E-state index contributed by atoms with van der Waals surface area (Å²) in [5.74, 6) is 0.104. The third kappa shape index (κ3) is 2.10. The summed E-state index contributed by atoms with van der Waals surface area (Å²) in [4.78, 5) is 11.7. The van der Waals surface area contributed by atoms with Crippen LogP contribution in [0.1, 0.15) is 25.7 Å². The van der Waals surface area contributed by atoms with E-state index in [0.717, 1.165) is 25.7 Å². The van der Waals surface area contributed by atoms with Crippen LogP contribution in [0.15, 0.2) is 12.7 Å². The van der Waals surface area contributed by atoms with Gasteiger partial charge in [0.05, 0.1) is 5.41 Å². The van der Waals surface area contributed by atoms with E-state index in [-0.39, 0.29) is 11.3 Å². The van der Waals surface area contributed by atoms with Crippen molar-refractivity contribution < 1.29 is 4.79 Å². The van der Waals surface area contributed by atoms with Crippen molar-refractivity contribution in [1.29, 1.82) is 0 Å². The van der Waals surface area contributed by atoms with Crippen LogP contribution in [0.3, 0.4) is 0 Å². The number of hydrogen-bond acceptors (Lipinski definition) is 2. The van der Waals surface area contributed by atoms with Gasteiger partial charge in [0.1, 0.15) is 0 Å². The third-order valence-corrected chi connectivity index (χ3v) is 2.84. The standard InChI is InChI=1S/C10H18N2O/c1-2-7-12-9(13)10(8-11)5-3-4-6-10/h2H,1,3-8,11H2,(H,12,13). The van der Waals surface area contributed by atoms with Crippen LogP contribution in [0.25, 0.3) is 0 Å². The van der Waals surface area contributed by atoms with Crippen LogP contribution in [0.4, 0.5) is 0 Å². The molecule has 0 unspecified atom stereocenters. The number of amides is 1. The average molecular weight is 182 g/mol. The Hall–Kier alpha value is -0.830. The zero-order valence-corrected chi connectivity index (χ0v) is 8.01. The van der Waals surface area contributed by atoms with E-state index in [1.165, 1.54) is 0 Å². The van der Waals surface area contributed by atoms with E-state index in [0.29, 0.717) is 13.1 Å². The van der Waals surface area contributed by atoms with Crippen molar-refractivity contribution in [2.24, 2.45) is 11.1 Å². The summed E-state index contributed by atoms with van der Waals surface area (Å²) < 4.78 is 0. The predicted molar refractivity (Wildman–Crippen MR) is 53.2 cm³/mol. The molecule has 1 saturated carbocycles. The Morgan fingerprint density at radius 1 is 1.54 bits per heavy atom. The maximum Gasteiger partial charge on any atom is 0.227 e. The number of nitrogens with one attached hydrogen (secondary N) is 1. The second-order valence-electron chi connectivity index (χ2n) is 3.69. The second-order valence-corrected chi connectivity index (χ2v) is 3.69. The molecule has 74 valence electrons. The van der Waals surface area contributed by atoms with E-state index >= 15 is 0 Å². The predicted octanol–water partition coefficient (Wildman–Crippen LogP) is 0.808. The maximum absolute atomic E-state index is 11.7. The van der Waals surface area contributed by atoms with Gasteiger partial charge in [0, 0.05) is 13.1 Å². The van der Waals surface area contributed by atoms with E-state index in [1.54, 1.807) is 6.08 Å². The average Bonchev–Trinajstić information content (AvgIpc) is 2.63. The molecule has 1 rings (SSSR count). The molecule has 0 bridgehead atoms. The Morgan fingerprint density at radius 3 is 2.62 bits per heavy atom. The lowest BCUT2D eigenvalue weighted by Gasteiger charge is -2.25. The summed E-state index contributed by atoms with van der Waals surface area (Å²) in [5, 5.41) is 2.83. The highest BCUT2D eigenvalue weighted by Crippen LogP contribution is 2.37. The first-order valence-electron chi connectivity index (χ1n) is 4.84. The van der Waals surface area contributed by atoms with Gasteiger partial charge in [-0.3, -0.25) is 4.79 Å². The Bertz CT molecular complexity index is 195. The van der Waals surface area contributed by atoms with Gasteiger partial charge in [-0.2, -0.15) is 0 Å². The van der Waals surface area contributed by atoms with E-state index in [4.69, 9.17) is 5.73 Å². The third-order valence-electron chi connectivity index (χ3n) is 2.84. The Morgan fingerprint density at radius 2 is 2.15 bits per heavy atom. The van der Waals surface area contributed by atoms with Crippen LogP contribution in [-0.2, 0) is 4.79 Å². The molecular weight excluding hydrogens is 164 g/mol. The lowest BCUT2D eigenvalue weighted by atomic mass is 9.85. The summed E-state index contributed by atoms with van der Waals surface area (Å²) in [7, 11) is 0. The summed E-state index contributed by atoms with van der Waals surface area (Å²) in [5.41, 5.74) is 5.38. The monoisotopic (exact) mass is 182 g/mol. The minimum absolute atomic E-state index is 0.104. The van der Waals surface area contributed by atoms with Crippen molar-refractivity contribution in [1.82, 2.24) is 5.32 Å². The number of nitrogens with two attached hydrogens (primary N) is 1. The molecule has 0 heterocycles. The molecule has 0 aromatic heterocycles. The van der Waals surface area contributed by atoms with Gasteiger partial charge >= 0.3 is 0 Å². The zero-order chi connectivity index (χ0) is 9.73. The molecule has 0 aromatic carbocycles. The molecule has 1 aliphatic rings. The molecule has 0 aromatic rings. The number of hydrogen-bond donors (Lipinski definition) is 2. The first-order chi connectivity index (χ1) is 6.25. The van der Waals surface area contributed by atoms with Crippen molar-refractivity contribution in [2.75, 3.05) is 13.1 Å². The van der Waals surface area contributed by atoms with Gasteiger partial charge in [0.2, 0.25) is 5.91 Å². The molecule has 0 saturated heterocycles. The highest BCUT2D eigenvalue weighted by atomic mass is 16.2. The second kappa shape index (κ2) is 4.42. The van der Waals surface area contributed by atoms with Gasteiger partial charge in [-0.05, 0) is 12.8 Å². The number of carbonyl (C=O) groups is 1. The first kappa shape index (κ1) is 10.3. The van der Waals surface area contributed by atoms with Gasteiger partial charge in [-0.1, -0.05) is 18.9 Å². The van der Waals surface area contributed by atoms with E-state index in [1.807, 2.05) is 0 Å². The molecule has 1 aliphatic carbocycles. The summed E-state index contributed by atoms with van der Waals surface area (Å²) in [6.07, 6.45) is 5.81. The van der Waals surface area contributed by atoms with Crippen molar-refractivity contribution in [2.45, 2.75) is 25.7 Å². The van der Waals surface area contributed by atoms with E-state index in [9.17, 15) is 4.79 Å². The van der Waals surface area contributed by atoms with Crippen LogP contribution >= 0.6 is 0 Å². The highest BCUT2D eigenvalue weighted by molar-refractivity contribution is 5.83. The van der Waals surface area contributed by atoms with Crippen LogP contribution in [-0.4, -0.2) is 19.0 Å². The molecule has 3 heteroatoms. The summed E-state index contributed by atoms with van der Waals surface area (Å²) in [6, 6.07) is 0. The number of rotatable bonds is 4. The lowest BCUT2D eigenvalue weighted by Crippen LogP contribution is -2.44. The molecule has 3 N–H and O–H groups in total. The highest BCUT2D eigenvalue weighted by Gasteiger charge is 2.39. The van der Waals surface area contributed by atoms with Crippen LogP contribution in [0.5, 0.6) is 0 Å². The van der Waals surface area contributed by atoms with Gasteiger partial charge in [-0.25, -0.2) is 0 Å². The Labute approximate surface area is 79.4 Å². The van der Waals surface area contributed by atoms with Crippen molar-refractivity contribution in [3.63, 3.8) is 0 Å². The molecule has 0 radical (unpaired) electrons. The van der Waals surface area contributed by atoms with Crippen LogP contribution < -0.4 is 11.1 Å². The molecule has 0 aliphatic heterocycles. The minimum Gasteiger partial charge on any atom is -0.352 e. The molecule has 1 fully saturated rings. The van der Waals surface area contributed by atoms with Gasteiger partial charge in [-0.15, -0.1) is 6.58 Å². The first-order valence-corrected chi connectivity index (χ1v) is 4.84. The largest absolute Gasteiger partial charge is 0.352 e. The summed E-state index contributed by atoms with van der Waals surface area (Å²) >= 11 is 0. The lowest BCUT2D eigenvalue weighted by molar-refractivity contribution is -0.130. The summed E-state index contributed by atoms with van der Waals surface area (Å²) in [6.45, 7) is 4.57. The topological polar surface area (TPSA) is 55.1 Å². The van der Waals surface area contributed by atoms with Crippen molar-refractivity contribution in [3.8, 4) is 0 Å². The molecule has 3 nitrogen and oxygen atoms in total. The van der Waals surface area contributed by atoms with Gasteiger partial charge in [0.15, 0.2) is 0 Å². The molecule has 13 heavy (non-hydrogen) atoms. The van der Waals surface area contributed by atoms with Crippen molar-refractivity contribution in [3.05, 3.63) is 12.7 Å².